The SMILES string of the molecule is CCCNc1nc(C2CCNC(c3ccccc3)C2)c2[nH]ccc2n1. The molecule has 3 aromatic rings. The van der Waals surface area contributed by atoms with Crippen molar-refractivity contribution in [1.29, 1.82) is 0 Å². The Bertz CT molecular complexity index is 826. The van der Waals surface area contributed by atoms with Crippen LogP contribution in [0.4, 0.5) is 5.95 Å². The standard InChI is InChI=1S/C20H25N5/c1-2-10-23-20-24-16-9-12-22-19(16)18(25-20)15-8-11-21-17(13-15)14-6-4-3-5-7-14/h3-7,9,12,15,17,21-22H,2,8,10-11,13H2,1H3,(H,23,24,25). The summed E-state index contributed by atoms with van der Waals surface area (Å²) in [6.45, 7) is 4.06. The van der Waals surface area contributed by atoms with Crippen molar-refractivity contribution in [2.24, 2.45) is 0 Å². The molecule has 2 aromatic heterocycles. The lowest BCUT2D eigenvalue weighted by molar-refractivity contribution is 0.366. The zero-order valence-corrected chi connectivity index (χ0v) is 14.6. The van der Waals surface area contributed by atoms with E-state index >= 15 is 0 Å². The van der Waals surface area contributed by atoms with E-state index in [1.54, 1.807) is 0 Å². The predicted octanol–water partition coefficient (Wildman–Crippen LogP) is 3.99. The maximum absolute atomic E-state index is 4.88. The number of piperidine rings is 1. The van der Waals surface area contributed by atoms with Crippen LogP contribution in [-0.4, -0.2) is 28.0 Å². The molecule has 0 spiro atoms. The number of aromatic amines is 1. The molecule has 1 aromatic carbocycles. The fraction of sp³-hybridized carbons (Fsp3) is 0.400. The second-order valence-electron chi connectivity index (χ2n) is 6.74. The van der Waals surface area contributed by atoms with E-state index in [1.807, 2.05) is 12.3 Å². The second kappa shape index (κ2) is 7.23. The van der Waals surface area contributed by atoms with Gasteiger partial charge in [0.05, 0.1) is 16.7 Å². The van der Waals surface area contributed by atoms with Gasteiger partial charge in [-0.3, -0.25) is 0 Å². The molecule has 5 heteroatoms. The smallest absolute Gasteiger partial charge is 0.223 e. The minimum atomic E-state index is 0.381. The normalized spacial score (nSPS) is 20.7. The minimum absolute atomic E-state index is 0.381. The lowest BCUT2D eigenvalue weighted by atomic mass is 9.86. The third-order valence-corrected chi connectivity index (χ3v) is 4.96. The molecule has 2 unspecified atom stereocenters. The van der Waals surface area contributed by atoms with Gasteiger partial charge in [0.25, 0.3) is 0 Å². The summed E-state index contributed by atoms with van der Waals surface area (Å²) in [5.41, 5.74) is 4.59. The highest BCUT2D eigenvalue weighted by molar-refractivity contribution is 5.79. The van der Waals surface area contributed by atoms with E-state index < -0.39 is 0 Å². The Balaban J connectivity index is 1.64. The summed E-state index contributed by atoms with van der Waals surface area (Å²) in [5, 5.41) is 7.00. The first-order valence-electron chi connectivity index (χ1n) is 9.22. The van der Waals surface area contributed by atoms with Gasteiger partial charge in [-0.2, -0.15) is 0 Å². The van der Waals surface area contributed by atoms with E-state index in [0.29, 0.717) is 12.0 Å². The number of fused-ring (bicyclic) bond motifs is 1. The van der Waals surface area contributed by atoms with E-state index in [0.717, 1.165) is 55.0 Å². The molecule has 1 aliphatic heterocycles. The van der Waals surface area contributed by atoms with Gasteiger partial charge in [-0.25, -0.2) is 9.97 Å². The van der Waals surface area contributed by atoms with Gasteiger partial charge < -0.3 is 15.6 Å². The molecule has 0 bridgehead atoms. The van der Waals surface area contributed by atoms with Crippen LogP contribution in [0.25, 0.3) is 11.0 Å². The predicted molar refractivity (Wildman–Crippen MR) is 102 cm³/mol. The number of benzene rings is 1. The summed E-state index contributed by atoms with van der Waals surface area (Å²) in [6.07, 6.45) is 5.18. The van der Waals surface area contributed by atoms with Crippen molar-refractivity contribution < 1.29 is 0 Å². The molecule has 25 heavy (non-hydrogen) atoms. The van der Waals surface area contributed by atoms with Gasteiger partial charge in [0, 0.05) is 24.7 Å². The molecule has 3 N–H and O–H groups in total. The highest BCUT2D eigenvalue weighted by Crippen LogP contribution is 2.36. The molecule has 1 aliphatic rings. The minimum Gasteiger partial charge on any atom is -0.358 e. The van der Waals surface area contributed by atoms with Crippen LogP contribution in [0, 0.1) is 0 Å². The molecular formula is C20H25N5. The van der Waals surface area contributed by atoms with Crippen molar-refractivity contribution in [2.75, 3.05) is 18.4 Å². The van der Waals surface area contributed by atoms with Gasteiger partial charge in [0.1, 0.15) is 0 Å². The van der Waals surface area contributed by atoms with Gasteiger partial charge in [-0.15, -0.1) is 0 Å². The zero-order valence-electron chi connectivity index (χ0n) is 14.6. The summed E-state index contributed by atoms with van der Waals surface area (Å²) in [6, 6.07) is 13.1. The third kappa shape index (κ3) is 3.37. The van der Waals surface area contributed by atoms with Crippen molar-refractivity contribution in [3.63, 3.8) is 0 Å². The topological polar surface area (TPSA) is 65.6 Å². The van der Waals surface area contributed by atoms with Crippen LogP contribution in [0.2, 0.25) is 0 Å². The van der Waals surface area contributed by atoms with Crippen LogP contribution in [0.5, 0.6) is 0 Å². The van der Waals surface area contributed by atoms with Gasteiger partial charge in [0.15, 0.2) is 0 Å². The number of hydrogen-bond acceptors (Lipinski definition) is 4. The van der Waals surface area contributed by atoms with Crippen LogP contribution in [0.3, 0.4) is 0 Å². The van der Waals surface area contributed by atoms with Crippen molar-refractivity contribution in [1.82, 2.24) is 20.3 Å². The Morgan fingerprint density at radius 1 is 1.16 bits per heavy atom. The first-order chi connectivity index (χ1) is 12.3. The van der Waals surface area contributed by atoms with Gasteiger partial charge in [0.2, 0.25) is 5.95 Å². The van der Waals surface area contributed by atoms with Gasteiger partial charge in [-0.05, 0) is 37.4 Å². The summed E-state index contributed by atoms with van der Waals surface area (Å²) in [7, 11) is 0. The molecule has 130 valence electrons. The fourth-order valence-electron chi connectivity index (χ4n) is 3.69. The molecule has 1 fully saturated rings. The van der Waals surface area contributed by atoms with Crippen molar-refractivity contribution in [3.8, 4) is 0 Å². The number of H-pyrrole nitrogens is 1. The maximum atomic E-state index is 4.88. The Hall–Kier alpha value is -2.40. The Morgan fingerprint density at radius 2 is 2.04 bits per heavy atom. The Morgan fingerprint density at radius 3 is 2.88 bits per heavy atom. The van der Waals surface area contributed by atoms with Crippen LogP contribution in [0.1, 0.15) is 49.4 Å². The highest BCUT2D eigenvalue weighted by atomic mass is 15.1. The molecule has 3 heterocycles. The van der Waals surface area contributed by atoms with Crippen molar-refractivity contribution in [3.05, 3.63) is 53.9 Å². The zero-order chi connectivity index (χ0) is 17.1. The Labute approximate surface area is 148 Å². The Kier molecular flexibility index (Phi) is 4.65. The first kappa shape index (κ1) is 16.1. The molecule has 2 atom stereocenters. The van der Waals surface area contributed by atoms with E-state index in [1.165, 1.54) is 5.56 Å². The average molecular weight is 335 g/mol. The highest BCUT2D eigenvalue weighted by Gasteiger charge is 2.27. The first-order valence-corrected chi connectivity index (χ1v) is 9.22. The summed E-state index contributed by atoms with van der Waals surface area (Å²) in [5.74, 6) is 1.18. The molecule has 0 amide bonds. The quantitative estimate of drug-likeness (QED) is 0.660. The number of hydrogen-bond donors (Lipinski definition) is 3. The van der Waals surface area contributed by atoms with Gasteiger partial charge in [-0.1, -0.05) is 37.3 Å². The van der Waals surface area contributed by atoms with E-state index in [4.69, 9.17) is 4.98 Å². The number of aromatic nitrogens is 3. The molecule has 0 saturated carbocycles. The second-order valence-corrected chi connectivity index (χ2v) is 6.74. The maximum Gasteiger partial charge on any atom is 0.223 e. The summed E-state index contributed by atoms with van der Waals surface area (Å²) in [4.78, 5) is 12.9. The average Bonchev–Trinajstić information content (AvgIpc) is 3.15. The largest absolute Gasteiger partial charge is 0.358 e. The molecule has 0 radical (unpaired) electrons. The third-order valence-electron chi connectivity index (χ3n) is 4.96. The number of anilines is 1. The molecule has 0 aliphatic carbocycles. The van der Waals surface area contributed by atoms with Crippen LogP contribution in [-0.2, 0) is 0 Å². The van der Waals surface area contributed by atoms with Crippen LogP contribution in [0.15, 0.2) is 42.6 Å². The lowest BCUT2D eigenvalue weighted by Crippen LogP contribution is -2.31. The van der Waals surface area contributed by atoms with Crippen molar-refractivity contribution in [2.45, 2.75) is 38.1 Å². The molecule has 4 rings (SSSR count). The van der Waals surface area contributed by atoms with E-state index in [9.17, 15) is 0 Å². The summed E-state index contributed by atoms with van der Waals surface area (Å²) < 4.78 is 0. The van der Waals surface area contributed by atoms with Crippen LogP contribution >= 0.6 is 0 Å². The molecular weight excluding hydrogens is 310 g/mol. The van der Waals surface area contributed by atoms with Crippen LogP contribution < -0.4 is 10.6 Å². The van der Waals surface area contributed by atoms with Crippen molar-refractivity contribution >= 4 is 17.0 Å². The number of nitrogens with zero attached hydrogens (tertiary/aromatic N) is 2. The van der Waals surface area contributed by atoms with Gasteiger partial charge >= 0.3 is 0 Å². The number of nitrogens with one attached hydrogen (secondary N) is 3. The monoisotopic (exact) mass is 335 g/mol. The summed E-state index contributed by atoms with van der Waals surface area (Å²) >= 11 is 0. The van der Waals surface area contributed by atoms with E-state index in [-0.39, 0.29) is 0 Å². The number of rotatable bonds is 5. The molecule has 5 nitrogen and oxygen atoms in total. The van der Waals surface area contributed by atoms with E-state index in [2.05, 4.69) is 57.9 Å². The lowest BCUT2D eigenvalue weighted by Gasteiger charge is -2.30. The fourth-order valence-corrected chi connectivity index (χ4v) is 3.69. The molecule has 1 saturated heterocycles.